The SMILES string of the molecule is CCCCCCCCCCCCCCCCCCCOc1ccc(OCCCCCCCCCCCC)cc1. The third-order valence-electron chi connectivity index (χ3n) is 8.11. The second kappa shape index (κ2) is 29.8. The number of benzene rings is 1. The number of ether oxygens (including phenoxy) is 2. The van der Waals surface area contributed by atoms with Gasteiger partial charge >= 0.3 is 0 Å². The topological polar surface area (TPSA) is 18.5 Å². The molecule has 0 aliphatic rings. The molecule has 39 heavy (non-hydrogen) atoms. The lowest BCUT2D eigenvalue weighted by atomic mass is 10.0. The molecule has 1 rings (SSSR count). The molecule has 2 nitrogen and oxygen atoms in total. The van der Waals surface area contributed by atoms with Crippen molar-refractivity contribution in [1.29, 1.82) is 0 Å². The van der Waals surface area contributed by atoms with Crippen LogP contribution in [0.4, 0.5) is 0 Å². The lowest BCUT2D eigenvalue weighted by Crippen LogP contribution is -1.99. The molecule has 2 heteroatoms. The van der Waals surface area contributed by atoms with Gasteiger partial charge in [-0.1, -0.05) is 174 Å². The molecule has 0 bridgehead atoms. The quantitative estimate of drug-likeness (QED) is 0.0865. The smallest absolute Gasteiger partial charge is 0.119 e. The molecular weight excluding hydrogens is 476 g/mol. The van der Waals surface area contributed by atoms with Gasteiger partial charge in [-0.05, 0) is 37.1 Å². The summed E-state index contributed by atoms with van der Waals surface area (Å²) in [5.74, 6) is 1.94. The van der Waals surface area contributed by atoms with E-state index in [4.69, 9.17) is 9.47 Å². The van der Waals surface area contributed by atoms with E-state index in [-0.39, 0.29) is 0 Å². The van der Waals surface area contributed by atoms with Crippen LogP contribution < -0.4 is 9.47 Å². The Morgan fingerprint density at radius 2 is 0.513 bits per heavy atom. The highest BCUT2D eigenvalue weighted by molar-refractivity contribution is 5.31. The summed E-state index contributed by atoms with van der Waals surface area (Å²) in [5.41, 5.74) is 0. The van der Waals surface area contributed by atoms with Gasteiger partial charge in [-0.2, -0.15) is 0 Å². The standard InChI is InChI=1S/C37H68O2/c1-3-5-7-9-11-13-15-16-17-18-19-20-21-23-25-27-29-35-39-37-32-30-36(31-33-37)38-34-28-26-24-22-14-12-10-8-6-4-2/h30-33H,3-29,34-35H2,1-2H3. The van der Waals surface area contributed by atoms with E-state index < -0.39 is 0 Å². The fourth-order valence-corrected chi connectivity index (χ4v) is 5.43. The van der Waals surface area contributed by atoms with E-state index in [1.807, 2.05) is 0 Å². The van der Waals surface area contributed by atoms with Gasteiger partial charge in [0.05, 0.1) is 13.2 Å². The van der Waals surface area contributed by atoms with Crippen molar-refractivity contribution in [3.63, 3.8) is 0 Å². The van der Waals surface area contributed by atoms with E-state index in [0.29, 0.717) is 0 Å². The lowest BCUT2D eigenvalue weighted by molar-refractivity contribution is 0.296. The van der Waals surface area contributed by atoms with E-state index >= 15 is 0 Å². The van der Waals surface area contributed by atoms with Crippen molar-refractivity contribution in [2.75, 3.05) is 13.2 Å². The molecule has 0 saturated carbocycles. The zero-order valence-corrected chi connectivity index (χ0v) is 26.6. The van der Waals surface area contributed by atoms with E-state index in [0.717, 1.165) is 37.6 Å². The van der Waals surface area contributed by atoms with Gasteiger partial charge in [-0.3, -0.25) is 0 Å². The Kier molecular flexibility index (Phi) is 27.4. The van der Waals surface area contributed by atoms with Crippen molar-refractivity contribution >= 4 is 0 Å². The van der Waals surface area contributed by atoms with Crippen LogP contribution in [0.2, 0.25) is 0 Å². The van der Waals surface area contributed by atoms with Crippen LogP contribution in [0.25, 0.3) is 0 Å². The monoisotopic (exact) mass is 545 g/mol. The summed E-state index contributed by atoms with van der Waals surface area (Å²) in [5, 5.41) is 0. The summed E-state index contributed by atoms with van der Waals surface area (Å²) < 4.78 is 11.9. The van der Waals surface area contributed by atoms with E-state index in [9.17, 15) is 0 Å². The summed E-state index contributed by atoms with van der Waals surface area (Å²) in [4.78, 5) is 0. The van der Waals surface area contributed by atoms with Crippen LogP contribution >= 0.6 is 0 Å². The Balaban J connectivity index is 1.81. The molecule has 0 fully saturated rings. The molecule has 1 aromatic rings. The molecule has 0 heterocycles. The van der Waals surface area contributed by atoms with Gasteiger partial charge in [0.15, 0.2) is 0 Å². The maximum atomic E-state index is 5.94. The first-order valence-corrected chi connectivity index (χ1v) is 17.7. The van der Waals surface area contributed by atoms with E-state index in [1.54, 1.807) is 0 Å². The Hall–Kier alpha value is -1.18. The Morgan fingerprint density at radius 1 is 0.308 bits per heavy atom. The van der Waals surface area contributed by atoms with Gasteiger partial charge in [0.2, 0.25) is 0 Å². The van der Waals surface area contributed by atoms with Crippen LogP contribution in [0.3, 0.4) is 0 Å². The van der Waals surface area contributed by atoms with Crippen LogP contribution in [0.1, 0.15) is 187 Å². The lowest BCUT2D eigenvalue weighted by Gasteiger charge is -2.09. The third kappa shape index (κ3) is 25.5. The first-order valence-electron chi connectivity index (χ1n) is 17.7. The summed E-state index contributed by atoms with van der Waals surface area (Å²) in [6, 6.07) is 8.23. The molecule has 1 aromatic carbocycles. The van der Waals surface area contributed by atoms with Crippen LogP contribution in [-0.4, -0.2) is 13.2 Å². The highest BCUT2D eigenvalue weighted by Gasteiger charge is 1.99. The van der Waals surface area contributed by atoms with Crippen molar-refractivity contribution in [1.82, 2.24) is 0 Å². The molecule has 0 spiro atoms. The Labute approximate surface area is 245 Å². The summed E-state index contributed by atoms with van der Waals surface area (Å²) in [7, 11) is 0. The average molecular weight is 545 g/mol. The minimum absolute atomic E-state index is 0.829. The molecule has 0 aliphatic heterocycles. The van der Waals surface area contributed by atoms with Crippen molar-refractivity contribution in [2.24, 2.45) is 0 Å². The third-order valence-corrected chi connectivity index (χ3v) is 8.11. The maximum absolute atomic E-state index is 5.94. The van der Waals surface area contributed by atoms with Crippen molar-refractivity contribution in [3.05, 3.63) is 24.3 Å². The second-order valence-electron chi connectivity index (χ2n) is 12.0. The van der Waals surface area contributed by atoms with Crippen molar-refractivity contribution < 1.29 is 9.47 Å². The molecule has 228 valence electrons. The molecule has 0 aromatic heterocycles. The fraction of sp³-hybridized carbons (Fsp3) is 0.838. The molecular formula is C37H68O2. The number of hydrogen-bond donors (Lipinski definition) is 0. The van der Waals surface area contributed by atoms with Gasteiger partial charge in [0.1, 0.15) is 11.5 Å². The van der Waals surface area contributed by atoms with Crippen LogP contribution in [0.15, 0.2) is 24.3 Å². The molecule has 0 N–H and O–H groups in total. The largest absolute Gasteiger partial charge is 0.494 e. The van der Waals surface area contributed by atoms with Crippen LogP contribution in [0.5, 0.6) is 11.5 Å². The average Bonchev–Trinajstić information content (AvgIpc) is 2.96. The van der Waals surface area contributed by atoms with Gasteiger partial charge in [-0.25, -0.2) is 0 Å². The van der Waals surface area contributed by atoms with Gasteiger partial charge < -0.3 is 9.47 Å². The second-order valence-corrected chi connectivity index (χ2v) is 12.0. The maximum Gasteiger partial charge on any atom is 0.119 e. The number of unbranched alkanes of at least 4 members (excludes halogenated alkanes) is 25. The number of rotatable bonds is 31. The Bertz CT molecular complexity index is 582. The van der Waals surface area contributed by atoms with Crippen LogP contribution in [-0.2, 0) is 0 Å². The van der Waals surface area contributed by atoms with Crippen molar-refractivity contribution in [3.8, 4) is 11.5 Å². The molecule has 0 unspecified atom stereocenters. The fourth-order valence-electron chi connectivity index (χ4n) is 5.43. The van der Waals surface area contributed by atoms with Gasteiger partial charge in [-0.15, -0.1) is 0 Å². The predicted molar refractivity (Wildman–Crippen MR) is 173 cm³/mol. The minimum Gasteiger partial charge on any atom is -0.494 e. The van der Waals surface area contributed by atoms with Crippen molar-refractivity contribution in [2.45, 2.75) is 187 Å². The molecule has 0 radical (unpaired) electrons. The minimum atomic E-state index is 0.829. The van der Waals surface area contributed by atoms with E-state index in [2.05, 4.69) is 38.1 Å². The Morgan fingerprint density at radius 3 is 0.744 bits per heavy atom. The molecule has 0 amide bonds. The zero-order chi connectivity index (χ0) is 27.9. The van der Waals surface area contributed by atoms with E-state index in [1.165, 1.54) is 161 Å². The van der Waals surface area contributed by atoms with Crippen LogP contribution in [0, 0.1) is 0 Å². The normalized spacial score (nSPS) is 11.2. The molecule has 0 saturated heterocycles. The molecule has 0 atom stereocenters. The first kappa shape index (κ1) is 35.8. The predicted octanol–water partition coefficient (Wildman–Crippen LogP) is 13.0. The zero-order valence-electron chi connectivity index (χ0n) is 26.6. The number of hydrogen-bond acceptors (Lipinski definition) is 2. The van der Waals surface area contributed by atoms with Gasteiger partial charge in [0.25, 0.3) is 0 Å². The summed E-state index contributed by atoms with van der Waals surface area (Å²) in [6.07, 6.45) is 37.6. The van der Waals surface area contributed by atoms with Gasteiger partial charge in [0, 0.05) is 0 Å². The first-order chi connectivity index (χ1) is 19.4. The molecule has 0 aliphatic carbocycles. The summed E-state index contributed by atoms with van der Waals surface area (Å²) >= 11 is 0. The summed E-state index contributed by atoms with van der Waals surface area (Å²) in [6.45, 7) is 6.24. The highest BCUT2D eigenvalue weighted by atomic mass is 16.5. The highest BCUT2D eigenvalue weighted by Crippen LogP contribution is 2.19.